The molecule has 0 aromatic heterocycles. The summed E-state index contributed by atoms with van der Waals surface area (Å²) in [6.45, 7) is 2.30. The van der Waals surface area contributed by atoms with E-state index >= 15 is 0 Å². The SMILES string of the molecule is C#CCC(NC(=O)N(C)CC(=O)NCCC)C(=O)O. The van der Waals surface area contributed by atoms with Gasteiger partial charge in [-0.05, 0) is 6.42 Å². The second-order valence-corrected chi connectivity index (χ2v) is 3.95. The number of carboxylic acids is 1. The van der Waals surface area contributed by atoms with Crippen molar-refractivity contribution in [2.24, 2.45) is 0 Å². The Labute approximate surface area is 112 Å². The van der Waals surface area contributed by atoms with Crippen LogP contribution >= 0.6 is 0 Å². The summed E-state index contributed by atoms with van der Waals surface area (Å²) in [6, 6.07) is -1.81. The molecule has 0 saturated carbocycles. The van der Waals surface area contributed by atoms with E-state index in [0.29, 0.717) is 6.54 Å². The highest BCUT2D eigenvalue weighted by Crippen LogP contribution is 1.94. The first-order valence-electron chi connectivity index (χ1n) is 5.87. The molecule has 0 aliphatic rings. The van der Waals surface area contributed by atoms with Crippen LogP contribution in [0.1, 0.15) is 19.8 Å². The van der Waals surface area contributed by atoms with Gasteiger partial charge in [0.25, 0.3) is 0 Å². The Hall–Kier alpha value is -2.23. The molecule has 7 heteroatoms. The average Bonchev–Trinajstić information content (AvgIpc) is 2.35. The fourth-order valence-electron chi connectivity index (χ4n) is 1.18. The zero-order valence-corrected chi connectivity index (χ0v) is 11.1. The monoisotopic (exact) mass is 269 g/mol. The van der Waals surface area contributed by atoms with Gasteiger partial charge in [0, 0.05) is 20.0 Å². The maximum absolute atomic E-state index is 11.6. The summed E-state index contributed by atoms with van der Waals surface area (Å²) in [5, 5.41) is 13.7. The lowest BCUT2D eigenvalue weighted by molar-refractivity contribution is -0.139. The molecule has 1 unspecified atom stereocenters. The van der Waals surface area contributed by atoms with Crippen molar-refractivity contribution in [1.29, 1.82) is 0 Å². The quantitative estimate of drug-likeness (QED) is 0.549. The highest BCUT2D eigenvalue weighted by molar-refractivity contribution is 5.86. The number of likely N-dealkylation sites (N-methyl/N-ethyl adjacent to an activating group) is 1. The standard InChI is InChI=1S/C12H19N3O4/c1-4-6-9(11(17)18)14-12(19)15(3)8-10(16)13-7-5-2/h1,9H,5-8H2,2-3H3,(H,13,16)(H,14,19)(H,17,18). The van der Waals surface area contributed by atoms with Crippen molar-refractivity contribution in [3.8, 4) is 12.3 Å². The number of carboxylic acid groups (broad SMARTS) is 1. The maximum Gasteiger partial charge on any atom is 0.327 e. The largest absolute Gasteiger partial charge is 0.480 e. The molecule has 106 valence electrons. The van der Waals surface area contributed by atoms with E-state index in [2.05, 4.69) is 16.6 Å². The molecule has 0 rings (SSSR count). The number of aliphatic carboxylic acids is 1. The molecule has 19 heavy (non-hydrogen) atoms. The summed E-state index contributed by atoms with van der Waals surface area (Å²) in [4.78, 5) is 34.9. The van der Waals surface area contributed by atoms with Crippen molar-refractivity contribution in [1.82, 2.24) is 15.5 Å². The summed E-state index contributed by atoms with van der Waals surface area (Å²) in [5.74, 6) is 0.653. The molecule has 0 spiro atoms. The van der Waals surface area contributed by atoms with Gasteiger partial charge in [-0.1, -0.05) is 6.92 Å². The summed E-state index contributed by atoms with van der Waals surface area (Å²) < 4.78 is 0. The van der Waals surface area contributed by atoms with Crippen LogP contribution in [0.4, 0.5) is 4.79 Å². The lowest BCUT2D eigenvalue weighted by Crippen LogP contribution is -2.49. The molecule has 7 nitrogen and oxygen atoms in total. The highest BCUT2D eigenvalue weighted by Gasteiger charge is 2.21. The first-order valence-corrected chi connectivity index (χ1v) is 5.87. The van der Waals surface area contributed by atoms with E-state index < -0.39 is 18.0 Å². The third kappa shape index (κ3) is 6.93. The Morgan fingerprint density at radius 2 is 2.05 bits per heavy atom. The molecule has 0 aliphatic heterocycles. The van der Waals surface area contributed by atoms with Gasteiger partial charge in [-0.3, -0.25) is 4.79 Å². The molecule has 0 aromatic rings. The molecular formula is C12H19N3O4. The molecule has 0 saturated heterocycles. The van der Waals surface area contributed by atoms with Crippen LogP contribution in [0, 0.1) is 12.3 Å². The Kier molecular flexibility index (Phi) is 7.77. The van der Waals surface area contributed by atoms with E-state index in [1.807, 2.05) is 6.92 Å². The lowest BCUT2D eigenvalue weighted by atomic mass is 10.2. The van der Waals surface area contributed by atoms with Crippen LogP contribution in [0.15, 0.2) is 0 Å². The third-order valence-electron chi connectivity index (χ3n) is 2.22. The molecule has 0 fully saturated rings. The number of urea groups is 1. The number of rotatable bonds is 7. The Morgan fingerprint density at radius 1 is 1.42 bits per heavy atom. The minimum absolute atomic E-state index is 0.114. The zero-order chi connectivity index (χ0) is 14.8. The number of nitrogens with one attached hydrogen (secondary N) is 2. The third-order valence-corrected chi connectivity index (χ3v) is 2.22. The van der Waals surface area contributed by atoms with Crippen molar-refractivity contribution in [2.45, 2.75) is 25.8 Å². The van der Waals surface area contributed by atoms with E-state index in [-0.39, 0.29) is 18.9 Å². The zero-order valence-electron chi connectivity index (χ0n) is 11.1. The predicted octanol–water partition coefficient (Wildman–Crippen LogP) is -0.369. The normalized spacial score (nSPS) is 11.0. The van der Waals surface area contributed by atoms with Gasteiger partial charge in [0.2, 0.25) is 5.91 Å². The smallest absolute Gasteiger partial charge is 0.327 e. The molecule has 0 aromatic carbocycles. The van der Waals surface area contributed by atoms with Crippen LogP contribution in [-0.2, 0) is 9.59 Å². The summed E-state index contributed by atoms with van der Waals surface area (Å²) in [5.41, 5.74) is 0. The first kappa shape index (κ1) is 16.8. The number of carbonyl (C=O) groups excluding carboxylic acids is 2. The van der Waals surface area contributed by atoms with Crippen molar-refractivity contribution in [2.75, 3.05) is 20.1 Å². The molecule has 1 atom stereocenters. The minimum atomic E-state index is -1.21. The van der Waals surface area contributed by atoms with Crippen molar-refractivity contribution in [3.05, 3.63) is 0 Å². The van der Waals surface area contributed by atoms with Crippen molar-refractivity contribution < 1.29 is 19.5 Å². The van der Waals surface area contributed by atoms with E-state index in [4.69, 9.17) is 11.5 Å². The number of hydrogen-bond donors (Lipinski definition) is 3. The van der Waals surface area contributed by atoms with Gasteiger partial charge in [0.15, 0.2) is 0 Å². The maximum atomic E-state index is 11.6. The van der Waals surface area contributed by atoms with E-state index in [1.165, 1.54) is 7.05 Å². The average molecular weight is 269 g/mol. The number of hydrogen-bond acceptors (Lipinski definition) is 3. The second kappa shape index (κ2) is 8.80. The highest BCUT2D eigenvalue weighted by atomic mass is 16.4. The van der Waals surface area contributed by atoms with Crippen LogP contribution in [0.5, 0.6) is 0 Å². The van der Waals surface area contributed by atoms with Gasteiger partial charge in [-0.2, -0.15) is 0 Å². The Balaban J connectivity index is 4.29. The van der Waals surface area contributed by atoms with Crippen LogP contribution in [0.25, 0.3) is 0 Å². The van der Waals surface area contributed by atoms with Gasteiger partial charge < -0.3 is 20.6 Å². The second-order valence-electron chi connectivity index (χ2n) is 3.95. The van der Waals surface area contributed by atoms with Crippen LogP contribution in [-0.4, -0.2) is 54.1 Å². The first-order chi connectivity index (χ1) is 8.92. The predicted molar refractivity (Wildman–Crippen MR) is 69.3 cm³/mol. The molecule has 3 N–H and O–H groups in total. The Morgan fingerprint density at radius 3 is 2.53 bits per heavy atom. The molecule has 3 amide bonds. The lowest BCUT2D eigenvalue weighted by Gasteiger charge is -2.20. The van der Waals surface area contributed by atoms with Crippen LogP contribution < -0.4 is 10.6 Å². The van der Waals surface area contributed by atoms with E-state index in [0.717, 1.165) is 11.3 Å². The van der Waals surface area contributed by atoms with E-state index in [9.17, 15) is 14.4 Å². The summed E-state index contributed by atoms with van der Waals surface area (Å²) in [6.07, 6.45) is 5.69. The summed E-state index contributed by atoms with van der Waals surface area (Å²) in [7, 11) is 1.40. The topological polar surface area (TPSA) is 98.7 Å². The van der Waals surface area contributed by atoms with Crippen molar-refractivity contribution in [3.63, 3.8) is 0 Å². The van der Waals surface area contributed by atoms with Gasteiger partial charge in [-0.15, -0.1) is 12.3 Å². The number of amides is 3. The molecule has 0 aliphatic carbocycles. The summed E-state index contributed by atoms with van der Waals surface area (Å²) >= 11 is 0. The fraction of sp³-hybridized carbons (Fsp3) is 0.583. The number of nitrogens with zero attached hydrogens (tertiary/aromatic N) is 1. The number of carbonyl (C=O) groups is 3. The van der Waals surface area contributed by atoms with Gasteiger partial charge in [0.1, 0.15) is 12.6 Å². The molecule has 0 heterocycles. The number of terminal acetylenes is 1. The van der Waals surface area contributed by atoms with Crippen molar-refractivity contribution >= 4 is 17.9 Å². The molecular weight excluding hydrogens is 250 g/mol. The van der Waals surface area contributed by atoms with Crippen LogP contribution in [0.2, 0.25) is 0 Å². The molecule has 0 bridgehead atoms. The van der Waals surface area contributed by atoms with E-state index in [1.54, 1.807) is 0 Å². The minimum Gasteiger partial charge on any atom is -0.480 e. The van der Waals surface area contributed by atoms with Gasteiger partial charge in [0.05, 0.1) is 0 Å². The Bertz CT molecular complexity index is 376. The molecule has 0 radical (unpaired) electrons. The van der Waals surface area contributed by atoms with Crippen LogP contribution in [0.3, 0.4) is 0 Å². The fourth-order valence-corrected chi connectivity index (χ4v) is 1.18. The van der Waals surface area contributed by atoms with Gasteiger partial charge >= 0.3 is 12.0 Å². The van der Waals surface area contributed by atoms with Gasteiger partial charge in [-0.25, -0.2) is 9.59 Å².